The molecular formula is C21H23F2N5O4. The van der Waals surface area contributed by atoms with E-state index in [0.717, 1.165) is 12.1 Å². The van der Waals surface area contributed by atoms with Crippen molar-refractivity contribution in [3.8, 4) is 0 Å². The number of nitro groups is 1. The number of hydrogen-bond donors (Lipinski definition) is 2. The average molecular weight is 447 g/mol. The van der Waals surface area contributed by atoms with Gasteiger partial charge in [-0.1, -0.05) is 6.07 Å². The maximum atomic E-state index is 13.5. The van der Waals surface area contributed by atoms with Crippen LogP contribution in [0.1, 0.15) is 25.3 Å². The summed E-state index contributed by atoms with van der Waals surface area (Å²) in [5.74, 6) is -2.59. The number of pyridine rings is 1. The van der Waals surface area contributed by atoms with E-state index in [1.165, 1.54) is 31.3 Å². The molecule has 2 heterocycles. The minimum absolute atomic E-state index is 0.00158. The van der Waals surface area contributed by atoms with E-state index >= 15 is 0 Å². The molecule has 32 heavy (non-hydrogen) atoms. The van der Waals surface area contributed by atoms with Crippen molar-refractivity contribution in [1.29, 1.82) is 0 Å². The van der Waals surface area contributed by atoms with Gasteiger partial charge in [-0.2, -0.15) is 0 Å². The summed E-state index contributed by atoms with van der Waals surface area (Å²) in [5, 5.41) is 16.7. The molecule has 0 aliphatic carbocycles. The van der Waals surface area contributed by atoms with Crippen molar-refractivity contribution in [1.82, 2.24) is 15.6 Å². The van der Waals surface area contributed by atoms with Crippen molar-refractivity contribution in [3.63, 3.8) is 0 Å². The Bertz CT molecular complexity index is 1010. The predicted octanol–water partition coefficient (Wildman–Crippen LogP) is 2.10. The lowest BCUT2D eigenvalue weighted by Gasteiger charge is -2.33. The fourth-order valence-electron chi connectivity index (χ4n) is 3.67. The van der Waals surface area contributed by atoms with Gasteiger partial charge in [-0.25, -0.2) is 13.8 Å². The number of benzene rings is 1. The lowest BCUT2D eigenvalue weighted by molar-refractivity contribution is -0.384. The van der Waals surface area contributed by atoms with Gasteiger partial charge in [0.25, 0.3) is 0 Å². The first-order valence-corrected chi connectivity index (χ1v) is 10.1. The normalized spacial score (nSPS) is 15.2. The summed E-state index contributed by atoms with van der Waals surface area (Å²) in [6.45, 7) is 2.18. The van der Waals surface area contributed by atoms with Gasteiger partial charge in [0.05, 0.1) is 4.92 Å². The van der Waals surface area contributed by atoms with E-state index in [0.29, 0.717) is 31.5 Å². The minimum Gasteiger partial charge on any atom is -0.351 e. The third-order valence-corrected chi connectivity index (χ3v) is 5.22. The lowest BCUT2D eigenvalue weighted by Crippen LogP contribution is -2.52. The molecule has 1 unspecified atom stereocenters. The molecule has 11 heteroatoms. The molecular weight excluding hydrogens is 424 g/mol. The highest BCUT2D eigenvalue weighted by Gasteiger charge is 2.28. The van der Waals surface area contributed by atoms with Crippen LogP contribution in [0.15, 0.2) is 36.5 Å². The average Bonchev–Trinajstić information content (AvgIpc) is 2.76. The molecule has 2 N–H and O–H groups in total. The fraction of sp³-hybridized carbons (Fsp3) is 0.381. The summed E-state index contributed by atoms with van der Waals surface area (Å²) in [6, 6.07) is 5.07. The number of nitrogens with zero attached hydrogens (tertiary/aromatic N) is 3. The van der Waals surface area contributed by atoms with Crippen LogP contribution in [0.5, 0.6) is 0 Å². The first-order valence-electron chi connectivity index (χ1n) is 10.1. The highest BCUT2D eigenvalue weighted by atomic mass is 19.2. The molecule has 0 radical (unpaired) electrons. The van der Waals surface area contributed by atoms with Crippen LogP contribution >= 0.6 is 0 Å². The van der Waals surface area contributed by atoms with Crippen LogP contribution < -0.4 is 15.5 Å². The molecule has 1 atom stereocenters. The summed E-state index contributed by atoms with van der Waals surface area (Å²) >= 11 is 0. The smallest absolute Gasteiger partial charge is 0.311 e. The quantitative estimate of drug-likeness (QED) is 0.496. The number of carbonyl (C=O) groups is 2. The monoisotopic (exact) mass is 447 g/mol. The molecule has 0 bridgehead atoms. The van der Waals surface area contributed by atoms with Crippen LogP contribution in [0.25, 0.3) is 0 Å². The Balaban J connectivity index is 1.62. The number of carbonyl (C=O) groups excluding carboxylic acids is 2. The number of halogens is 2. The Morgan fingerprint density at radius 2 is 1.97 bits per heavy atom. The van der Waals surface area contributed by atoms with E-state index in [-0.39, 0.29) is 24.0 Å². The first-order chi connectivity index (χ1) is 15.2. The second-order valence-corrected chi connectivity index (χ2v) is 7.58. The van der Waals surface area contributed by atoms with E-state index in [2.05, 4.69) is 15.6 Å². The summed E-state index contributed by atoms with van der Waals surface area (Å²) < 4.78 is 26.7. The Morgan fingerprint density at radius 1 is 1.25 bits per heavy atom. The van der Waals surface area contributed by atoms with Gasteiger partial charge in [0.15, 0.2) is 11.6 Å². The van der Waals surface area contributed by atoms with Crippen LogP contribution in [0.4, 0.5) is 20.3 Å². The molecule has 0 saturated carbocycles. The number of nitrogens with one attached hydrogen (secondary N) is 2. The molecule has 1 aliphatic heterocycles. The van der Waals surface area contributed by atoms with Crippen molar-refractivity contribution in [2.75, 3.05) is 18.0 Å². The molecule has 1 aliphatic rings. The molecule has 0 spiro atoms. The highest BCUT2D eigenvalue weighted by Crippen LogP contribution is 2.27. The predicted molar refractivity (Wildman–Crippen MR) is 112 cm³/mol. The molecule has 1 aromatic carbocycles. The third-order valence-electron chi connectivity index (χ3n) is 5.22. The van der Waals surface area contributed by atoms with E-state index in [4.69, 9.17) is 0 Å². The second kappa shape index (κ2) is 10.1. The molecule has 170 valence electrons. The maximum absolute atomic E-state index is 13.5. The van der Waals surface area contributed by atoms with Gasteiger partial charge in [0.1, 0.15) is 6.04 Å². The molecule has 9 nitrogen and oxygen atoms in total. The van der Waals surface area contributed by atoms with Gasteiger partial charge in [0, 0.05) is 44.7 Å². The van der Waals surface area contributed by atoms with Crippen molar-refractivity contribution < 1.29 is 23.3 Å². The Labute approximate surface area is 183 Å². The van der Waals surface area contributed by atoms with E-state index < -0.39 is 34.4 Å². The minimum atomic E-state index is -1.03. The first kappa shape index (κ1) is 23.0. The highest BCUT2D eigenvalue weighted by molar-refractivity contribution is 5.87. The van der Waals surface area contributed by atoms with Crippen molar-refractivity contribution in [2.45, 2.75) is 38.3 Å². The Morgan fingerprint density at radius 3 is 2.59 bits per heavy atom. The number of hydrogen-bond acceptors (Lipinski definition) is 6. The van der Waals surface area contributed by atoms with E-state index in [1.54, 1.807) is 4.90 Å². The second-order valence-electron chi connectivity index (χ2n) is 7.58. The van der Waals surface area contributed by atoms with Crippen molar-refractivity contribution in [3.05, 3.63) is 63.8 Å². The molecule has 2 aromatic rings. The Hall–Kier alpha value is -3.63. The van der Waals surface area contributed by atoms with E-state index in [9.17, 15) is 28.5 Å². The van der Waals surface area contributed by atoms with Gasteiger partial charge >= 0.3 is 5.69 Å². The van der Waals surface area contributed by atoms with Crippen molar-refractivity contribution >= 4 is 23.3 Å². The number of piperidine rings is 1. The van der Waals surface area contributed by atoms with Crippen LogP contribution in [-0.2, 0) is 16.0 Å². The summed E-state index contributed by atoms with van der Waals surface area (Å²) in [5.41, 5.74) is 0.294. The summed E-state index contributed by atoms with van der Waals surface area (Å²) in [6.07, 6.45) is 2.54. The van der Waals surface area contributed by atoms with Crippen LogP contribution in [0.3, 0.4) is 0 Å². The van der Waals surface area contributed by atoms with Crippen LogP contribution in [0, 0.1) is 21.7 Å². The number of aromatic nitrogens is 1. The van der Waals surface area contributed by atoms with Crippen molar-refractivity contribution in [2.24, 2.45) is 0 Å². The third kappa shape index (κ3) is 5.74. The standard InChI is InChI=1S/C21H23F2N5O4/c1-13(29)25-18(12-14-4-5-16(22)17(23)11-14)21(30)26-15-6-9-27(10-7-15)20-19(28(31)32)3-2-8-24-20/h2-5,8,11,15,18H,6-7,9-10,12H2,1H3,(H,25,29)(H,26,30). The largest absolute Gasteiger partial charge is 0.351 e. The van der Waals surface area contributed by atoms with Crippen LogP contribution in [-0.4, -0.2) is 46.9 Å². The number of anilines is 1. The van der Waals surface area contributed by atoms with Gasteiger partial charge in [-0.15, -0.1) is 0 Å². The van der Waals surface area contributed by atoms with Gasteiger partial charge in [-0.05, 0) is 36.6 Å². The summed E-state index contributed by atoms with van der Waals surface area (Å²) in [7, 11) is 0. The van der Waals surface area contributed by atoms with E-state index in [1.807, 2.05) is 0 Å². The molecule has 1 aromatic heterocycles. The molecule has 1 fully saturated rings. The zero-order chi connectivity index (χ0) is 23.3. The lowest BCUT2D eigenvalue weighted by atomic mass is 10.0. The van der Waals surface area contributed by atoms with Gasteiger partial charge < -0.3 is 15.5 Å². The SMILES string of the molecule is CC(=O)NC(Cc1ccc(F)c(F)c1)C(=O)NC1CCN(c2ncccc2[N+](=O)[O-])CC1. The zero-order valence-corrected chi connectivity index (χ0v) is 17.4. The van der Waals surface area contributed by atoms with Gasteiger partial charge in [0.2, 0.25) is 17.6 Å². The molecule has 3 rings (SSSR count). The van der Waals surface area contributed by atoms with Gasteiger partial charge in [-0.3, -0.25) is 19.7 Å². The number of rotatable bonds is 7. The number of amides is 2. The fourth-order valence-corrected chi connectivity index (χ4v) is 3.67. The molecule has 1 saturated heterocycles. The maximum Gasteiger partial charge on any atom is 0.311 e. The summed E-state index contributed by atoms with van der Waals surface area (Å²) in [4.78, 5) is 41.0. The molecule has 2 amide bonds. The zero-order valence-electron chi connectivity index (χ0n) is 17.4. The topological polar surface area (TPSA) is 117 Å². The van der Waals surface area contributed by atoms with Crippen LogP contribution in [0.2, 0.25) is 0 Å². The Kier molecular flexibility index (Phi) is 7.29.